The van der Waals surface area contributed by atoms with Gasteiger partial charge in [0.1, 0.15) is 5.92 Å². The number of ether oxygens (including phenoxy) is 1. The van der Waals surface area contributed by atoms with E-state index >= 15 is 0 Å². The highest BCUT2D eigenvalue weighted by atomic mass is 79.9. The van der Waals surface area contributed by atoms with Crippen molar-refractivity contribution in [3.63, 3.8) is 0 Å². The summed E-state index contributed by atoms with van der Waals surface area (Å²) in [5.41, 5.74) is 1.52. The summed E-state index contributed by atoms with van der Waals surface area (Å²) >= 11 is 3.44. The van der Waals surface area contributed by atoms with Crippen LogP contribution >= 0.6 is 15.9 Å². The number of likely N-dealkylation sites (N-methyl/N-ethyl adjacent to an activating group) is 1. The van der Waals surface area contributed by atoms with E-state index < -0.39 is 17.9 Å². The van der Waals surface area contributed by atoms with E-state index in [-0.39, 0.29) is 19.1 Å². The van der Waals surface area contributed by atoms with Crippen LogP contribution < -0.4 is 0 Å². The molecule has 1 aromatic rings. The van der Waals surface area contributed by atoms with Gasteiger partial charge < -0.3 is 14.7 Å². The Bertz CT molecular complexity index is 561. The fraction of sp³-hybridized carbons (Fsp3) is 0.467. The van der Waals surface area contributed by atoms with E-state index in [4.69, 9.17) is 4.74 Å². The highest BCUT2D eigenvalue weighted by molar-refractivity contribution is 9.10. The Labute approximate surface area is 132 Å². The number of hydrogen-bond donors (Lipinski definition) is 1. The first-order valence-electron chi connectivity index (χ1n) is 6.84. The normalized spacial score (nSPS) is 21.3. The second-order valence-corrected chi connectivity index (χ2v) is 5.87. The summed E-state index contributed by atoms with van der Waals surface area (Å²) in [7, 11) is 0. The summed E-state index contributed by atoms with van der Waals surface area (Å²) < 4.78 is 6.02. The number of aliphatic carboxylic acids is 1. The number of aryl methyl sites for hydroxylation is 1. The minimum atomic E-state index is -0.924. The van der Waals surface area contributed by atoms with Crippen LogP contribution in [0.25, 0.3) is 0 Å². The summed E-state index contributed by atoms with van der Waals surface area (Å²) in [6, 6.07) is 5.05. The molecule has 1 heterocycles. The molecular weight excluding hydrogens is 338 g/mol. The molecule has 1 aliphatic heterocycles. The zero-order valence-electron chi connectivity index (χ0n) is 12.0. The number of amides is 1. The molecule has 0 saturated carbocycles. The van der Waals surface area contributed by atoms with Gasteiger partial charge in [0.25, 0.3) is 5.91 Å². The first-order valence-corrected chi connectivity index (χ1v) is 7.63. The van der Waals surface area contributed by atoms with Crippen molar-refractivity contribution in [3.8, 4) is 0 Å². The maximum absolute atomic E-state index is 12.8. The van der Waals surface area contributed by atoms with Gasteiger partial charge in [-0.15, -0.1) is 0 Å². The van der Waals surface area contributed by atoms with Crippen molar-refractivity contribution < 1.29 is 19.4 Å². The molecule has 1 amide bonds. The highest BCUT2D eigenvalue weighted by Gasteiger charge is 2.39. The fourth-order valence-corrected chi connectivity index (χ4v) is 3.02. The van der Waals surface area contributed by atoms with E-state index in [1.54, 1.807) is 11.0 Å². The van der Waals surface area contributed by atoms with E-state index in [9.17, 15) is 14.7 Å². The Balaban J connectivity index is 2.30. The molecule has 0 radical (unpaired) electrons. The number of hydrogen-bond acceptors (Lipinski definition) is 3. The third-order valence-corrected chi connectivity index (χ3v) is 4.84. The minimum absolute atomic E-state index is 0.152. The molecule has 1 N–H and O–H groups in total. The van der Waals surface area contributed by atoms with Gasteiger partial charge in [-0.1, -0.05) is 12.1 Å². The maximum atomic E-state index is 12.8. The molecular formula is C15H18BrNO4. The SMILES string of the molecule is CCN(C(=O)c1cccc(C)c1Br)C1COCC1C(=O)O. The number of nitrogens with zero attached hydrogens (tertiary/aromatic N) is 1. The van der Waals surface area contributed by atoms with Crippen LogP contribution in [-0.4, -0.2) is 47.7 Å². The smallest absolute Gasteiger partial charge is 0.311 e. The van der Waals surface area contributed by atoms with E-state index in [1.165, 1.54) is 0 Å². The van der Waals surface area contributed by atoms with E-state index in [1.807, 2.05) is 26.0 Å². The lowest BCUT2D eigenvalue weighted by atomic mass is 10.0. The van der Waals surface area contributed by atoms with Gasteiger partial charge in [0.15, 0.2) is 0 Å². The quantitative estimate of drug-likeness (QED) is 0.899. The van der Waals surface area contributed by atoms with Crippen molar-refractivity contribution >= 4 is 27.8 Å². The van der Waals surface area contributed by atoms with Gasteiger partial charge in [0.2, 0.25) is 0 Å². The topological polar surface area (TPSA) is 66.8 Å². The minimum Gasteiger partial charge on any atom is -0.481 e. The molecule has 21 heavy (non-hydrogen) atoms. The molecule has 5 nitrogen and oxygen atoms in total. The Hall–Kier alpha value is -1.40. The van der Waals surface area contributed by atoms with Crippen LogP contribution in [-0.2, 0) is 9.53 Å². The number of carbonyl (C=O) groups is 2. The molecule has 114 valence electrons. The molecule has 2 unspecified atom stereocenters. The fourth-order valence-electron chi connectivity index (χ4n) is 2.58. The number of carbonyl (C=O) groups excluding carboxylic acids is 1. The van der Waals surface area contributed by atoms with Gasteiger partial charge in [0, 0.05) is 11.0 Å². The van der Waals surface area contributed by atoms with Gasteiger partial charge in [-0.25, -0.2) is 0 Å². The molecule has 1 fully saturated rings. The summed E-state index contributed by atoms with van der Waals surface area (Å²) in [5.74, 6) is -1.76. The van der Waals surface area contributed by atoms with Gasteiger partial charge in [-0.3, -0.25) is 9.59 Å². The number of halogens is 1. The molecule has 1 aromatic carbocycles. The lowest BCUT2D eigenvalue weighted by molar-refractivity contribution is -0.142. The van der Waals surface area contributed by atoms with Gasteiger partial charge in [0.05, 0.1) is 24.8 Å². The number of rotatable bonds is 4. The Kier molecular flexibility index (Phi) is 5.00. The summed E-state index contributed by atoms with van der Waals surface area (Å²) in [5, 5.41) is 9.25. The van der Waals surface area contributed by atoms with Crippen LogP contribution in [0.15, 0.2) is 22.7 Å². The largest absolute Gasteiger partial charge is 0.481 e. The average molecular weight is 356 g/mol. The van der Waals surface area contributed by atoms with Crippen LogP contribution in [0.5, 0.6) is 0 Å². The van der Waals surface area contributed by atoms with E-state index in [0.717, 1.165) is 10.0 Å². The Morgan fingerprint density at radius 3 is 2.76 bits per heavy atom. The molecule has 0 bridgehead atoms. The lowest BCUT2D eigenvalue weighted by Crippen LogP contribution is -2.46. The lowest BCUT2D eigenvalue weighted by Gasteiger charge is -2.29. The van der Waals surface area contributed by atoms with Crippen LogP contribution in [0.4, 0.5) is 0 Å². The second kappa shape index (κ2) is 6.58. The molecule has 1 aliphatic rings. The monoisotopic (exact) mass is 355 g/mol. The van der Waals surface area contributed by atoms with Gasteiger partial charge in [-0.2, -0.15) is 0 Å². The van der Waals surface area contributed by atoms with Crippen molar-refractivity contribution in [3.05, 3.63) is 33.8 Å². The molecule has 2 atom stereocenters. The number of carboxylic acid groups (broad SMARTS) is 1. The first kappa shape index (κ1) is 16.0. The molecule has 0 spiro atoms. The molecule has 0 aliphatic carbocycles. The van der Waals surface area contributed by atoms with Crippen molar-refractivity contribution in [2.75, 3.05) is 19.8 Å². The Morgan fingerprint density at radius 2 is 2.14 bits per heavy atom. The third-order valence-electron chi connectivity index (χ3n) is 3.79. The second-order valence-electron chi connectivity index (χ2n) is 5.08. The standard InChI is InChI=1S/C15H18BrNO4/c1-3-17(12-8-21-7-11(12)15(19)20)14(18)10-6-4-5-9(2)13(10)16/h4-6,11-12H,3,7-8H2,1-2H3,(H,19,20). The van der Waals surface area contributed by atoms with E-state index in [0.29, 0.717) is 12.1 Å². The number of benzene rings is 1. The van der Waals surface area contributed by atoms with Crippen LogP contribution in [0, 0.1) is 12.8 Å². The van der Waals surface area contributed by atoms with Gasteiger partial charge in [-0.05, 0) is 41.4 Å². The van der Waals surface area contributed by atoms with Crippen LogP contribution in [0.3, 0.4) is 0 Å². The van der Waals surface area contributed by atoms with Crippen molar-refractivity contribution in [1.82, 2.24) is 4.90 Å². The van der Waals surface area contributed by atoms with Crippen molar-refractivity contribution in [1.29, 1.82) is 0 Å². The summed E-state index contributed by atoms with van der Waals surface area (Å²) in [4.78, 5) is 25.6. The Morgan fingerprint density at radius 1 is 1.43 bits per heavy atom. The third kappa shape index (κ3) is 3.11. The average Bonchev–Trinajstić information content (AvgIpc) is 2.92. The molecule has 0 aromatic heterocycles. The molecule has 1 saturated heterocycles. The predicted octanol–water partition coefficient (Wildman–Crippen LogP) is 2.32. The predicted molar refractivity (Wildman–Crippen MR) is 81.3 cm³/mol. The molecule has 6 heteroatoms. The zero-order valence-corrected chi connectivity index (χ0v) is 13.6. The summed E-state index contributed by atoms with van der Waals surface area (Å²) in [6.45, 7) is 4.62. The van der Waals surface area contributed by atoms with E-state index in [2.05, 4.69) is 15.9 Å². The number of carboxylic acids is 1. The summed E-state index contributed by atoms with van der Waals surface area (Å²) in [6.07, 6.45) is 0. The van der Waals surface area contributed by atoms with Crippen molar-refractivity contribution in [2.45, 2.75) is 19.9 Å². The first-order chi connectivity index (χ1) is 9.97. The van der Waals surface area contributed by atoms with Crippen LogP contribution in [0.1, 0.15) is 22.8 Å². The molecule has 2 rings (SSSR count). The zero-order chi connectivity index (χ0) is 15.6. The van der Waals surface area contributed by atoms with Crippen LogP contribution in [0.2, 0.25) is 0 Å². The maximum Gasteiger partial charge on any atom is 0.311 e. The highest BCUT2D eigenvalue weighted by Crippen LogP contribution is 2.26. The van der Waals surface area contributed by atoms with Crippen molar-refractivity contribution in [2.24, 2.45) is 5.92 Å². The van der Waals surface area contributed by atoms with Gasteiger partial charge >= 0.3 is 5.97 Å².